The number of non-ortho nitro benzene ring substituents is 2. The average molecular weight is 780 g/mol. The molecular formula is C36H41N7O11S. The van der Waals surface area contributed by atoms with Gasteiger partial charge in [-0.3, -0.25) is 39.7 Å². The second-order valence-electron chi connectivity index (χ2n) is 14.0. The van der Waals surface area contributed by atoms with E-state index in [9.17, 15) is 44.5 Å². The Morgan fingerprint density at radius 1 is 1.00 bits per heavy atom. The Morgan fingerprint density at radius 2 is 1.58 bits per heavy atom. The molecule has 6 atom stereocenters. The van der Waals surface area contributed by atoms with Crippen LogP contribution in [0.15, 0.2) is 64.1 Å². The second kappa shape index (κ2) is 16.0. The average Bonchev–Trinajstić information content (AvgIpc) is 3.69. The molecule has 2 fully saturated rings. The molecule has 6 rings (SSSR count). The maximum Gasteiger partial charge on any atom is 0.410 e. The zero-order valence-corrected chi connectivity index (χ0v) is 31.4. The largest absolute Gasteiger partial charge is 0.456 e. The summed E-state index contributed by atoms with van der Waals surface area (Å²) < 4.78 is 11.3. The number of ether oxygens (including phenoxy) is 2. The van der Waals surface area contributed by atoms with Gasteiger partial charge in [0.05, 0.1) is 41.0 Å². The fourth-order valence-electron chi connectivity index (χ4n) is 7.32. The van der Waals surface area contributed by atoms with Crippen LogP contribution in [0.4, 0.5) is 16.2 Å². The summed E-state index contributed by atoms with van der Waals surface area (Å²) >= 11 is 1.27. The van der Waals surface area contributed by atoms with Crippen molar-refractivity contribution in [2.24, 2.45) is 16.8 Å². The van der Waals surface area contributed by atoms with Gasteiger partial charge in [0, 0.05) is 67.5 Å². The van der Waals surface area contributed by atoms with E-state index in [1.54, 1.807) is 4.90 Å². The van der Waals surface area contributed by atoms with Crippen LogP contribution < -0.4 is 0 Å². The Hall–Kier alpha value is -5.56. The standard InChI is InChI=1S/C36H41N7O11S/c1-20-30-29(21(2)44)34(46)41(30)31(35(47)53-18-22-5-9-24(10-6-22)42(49)50)32(20)55-26-15-27(33(45)39-14-13-37-28(17-39)38(3)4)40(16-26)36(48)54-19-23-7-11-25(12-8-23)43(51)52/h5-12,20-21,26-27,29-30,44H,13-19H2,1-4H3/t20-,21-,26+,27+,29-,30-/m1/s1. The van der Waals surface area contributed by atoms with E-state index in [4.69, 9.17) is 9.47 Å². The molecule has 1 N–H and O–H groups in total. The Kier molecular flexibility index (Phi) is 11.4. The van der Waals surface area contributed by atoms with Gasteiger partial charge in [-0.15, -0.1) is 11.8 Å². The Balaban J connectivity index is 1.24. The zero-order chi connectivity index (χ0) is 39.7. The third-order valence-corrected chi connectivity index (χ3v) is 11.7. The highest BCUT2D eigenvalue weighted by atomic mass is 32.2. The normalized spacial score (nSPS) is 23.8. The molecule has 18 nitrogen and oxygen atoms in total. The number of esters is 1. The zero-order valence-electron chi connectivity index (χ0n) is 30.6. The first-order valence-electron chi connectivity index (χ1n) is 17.6. The van der Waals surface area contributed by atoms with Crippen molar-refractivity contribution < 1.29 is 43.6 Å². The van der Waals surface area contributed by atoms with E-state index in [1.807, 2.05) is 25.9 Å². The molecule has 55 heavy (non-hydrogen) atoms. The summed E-state index contributed by atoms with van der Waals surface area (Å²) in [4.78, 5) is 87.3. The van der Waals surface area contributed by atoms with Crippen LogP contribution in [0.2, 0.25) is 0 Å². The first kappa shape index (κ1) is 39.1. The molecule has 2 saturated heterocycles. The highest BCUT2D eigenvalue weighted by Crippen LogP contribution is 2.52. The number of hydrogen-bond donors (Lipinski definition) is 1. The fourth-order valence-corrected chi connectivity index (χ4v) is 8.84. The van der Waals surface area contributed by atoms with Crippen LogP contribution in [-0.2, 0) is 37.1 Å². The van der Waals surface area contributed by atoms with E-state index < -0.39 is 63.1 Å². The lowest BCUT2D eigenvalue weighted by atomic mass is 9.79. The van der Waals surface area contributed by atoms with Crippen LogP contribution in [0.1, 0.15) is 31.4 Å². The van der Waals surface area contributed by atoms with E-state index in [0.717, 1.165) is 0 Å². The number of likely N-dealkylation sites (N-methyl/N-ethyl adjacent to an activating group) is 1. The van der Waals surface area contributed by atoms with Crippen molar-refractivity contribution in [1.82, 2.24) is 19.6 Å². The number of nitro benzene ring substituents is 2. The van der Waals surface area contributed by atoms with Gasteiger partial charge in [-0.1, -0.05) is 6.92 Å². The number of nitro groups is 2. The Bertz CT molecular complexity index is 1940. The van der Waals surface area contributed by atoms with Gasteiger partial charge in [0.1, 0.15) is 30.8 Å². The molecule has 4 heterocycles. The van der Waals surface area contributed by atoms with Crippen molar-refractivity contribution in [2.75, 3.05) is 40.3 Å². The number of fused-ring (bicyclic) bond motifs is 1. The number of β-lactam (4-membered cyclic amide) rings is 1. The van der Waals surface area contributed by atoms with Gasteiger partial charge < -0.3 is 29.3 Å². The molecule has 2 aromatic carbocycles. The third kappa shape index (κ3) is 7.98. The minimum Gasteiger partial charge on any atom is -0.456 e. The van der Waals surface area contributed by atoms with Crippen LogP contribution >= 0.6 is 11.8 Å². The molecule has 0 unspecified atom stereocenters. The highest BCUT2D eigenvalue weighted by molar-refractivity contribution is 8.03. The smallest absolute Gasteiger partial charge is 0.410 e. The number of carbonyl (C=O) groups is 4. The lowest BCUT2D eigenvalue weighted by Crippen LogP contribution is -2.63. The van der Waals surface area contributed by atoms with E-state index in [0.29, 0.717) is 35.0 Å². The summed E-state index contributed by atoms with van der Waals surface area (Å²) in [6.45, 7) is 4.00. The summed E-state index contributed by atoms with van der Waals surface area (Å²) in [7, 11) is 3.66. The van der Waals surface area contributed by atoms with Crippen LogP contribution in [-0.4, -0.2) is 128 Å². The van der Waals surface area contributed by atoms with Crippen LogP contribution in [0, 0.1) is 32.1 Å². The Labute approximate surface area is 320 Å². The van der Waals surface area contributed by atoms with E-state index >= 15 is 0 Å². The lowest BCUT2D eigenvalue weighted by molar-refractivity contribution is -0.385. The van der Waals surface area contributed by atoms with Gasteiger partial charge in [-0.05, 0) is 48.7 Å². The molecule has 4 aliphatic rings. The number of rotatable bonds is 11. The maximum atomic E-state index is 14.2. The van der Waals surface area contributed by atoms with Crippen molar-refractivity contribution in [3.05, 3.63) is 90.5 Å². The number of amidine groups is 1. The predicted octanol–water partition coefficient (Wildman–Crippen LogP) is 2.93. The first-order valence-corrected chi connectivity index (χ1v) is 18.5. The first-order chi connectivity index (χ1) is 26.2. The molecule has 0 radical (unpaired) electrons. The number of likely N-dealkylation sites (tertiary alicyclic amines) is 1. The fraction of sp³-hybridized carbons (Fsp3) is 0.472. The van der Waals surface area contributed by atoms with Gasteiger partial charge in [0.25, 0.3) is 11.4 Å². The number of aliphatic hydroxyl groups excluding tert-OH is 1. The monoisotopic (exact) mass is 779 g/mol. The molecule has 4 aliphatic heterocycles. The number of thioether (sulfide) groups is 1. The molecular weight excluding hydrogens is 739 g/mol. The van der Waals surface area contributed by atoms with Gasteiger partial charge >= 0.3 is 12.1 Å². The van der Waals surface area contributed by atoms with E-state index in [2.05, 4.69) is 4.99 Å². The third-order valence-electron chi connectivity index (χ3n) is 10.2. The minimum atomic E-state index is -0.979. The van der Waals surface area contributed by atoms with Crippen LogP contribution in [0.5, 0.6) is 0 Å². The molecule has 292 valence electrons. The van der Waals surface area contributed by atoms with Crippen molar-refractivity contribution in [3.63, 3.8) is 0 Å². The summed E-state index contributed by atoms with van der Waals surface area (Å²) in [6, 6.07) is 9.64. The van der Waals surface area contributed by atoms with Crippen LogP contribution in [0.3, 0.4) is 0 Å². The molecule has 2 aromatic rings. The van der Waals surface area contributed by atoms with Gasteiger partial charge in [0.15, 0.2) is 0 Å². The van der Waals surface area contributed by atoms with Gasteiger partial charge in [0.2, 0.25) is 11.8 Å². The molecule has 0 aromatic heterocycles. The summed E-state index contributed by atoms with van der Waals surface area (Å²) in [5.74, 6) is -1.96. The molecule has 19 heteroatoms. The summed E-state index contributed by atoms with van der Waals surface area (Å²) in [6.07, 6.45) is -1.55. The Morgan fingerprint density at radius 3 is 2.13 bits per heavy atom. The number of aliphatic hydroxyl groups is 1. The maximum absolute atomic E-state index is 14.2. The van der Waals surface area contributed by atoms with Crippen molar-refractivity contribution >= 4 is 52.8 Å². The van der Waals surface area contributed by atoms with E-state index in [1.165, 1.54) is 77.0 Å². The molecule has 0 aliphatic carbocycles. The topological polar surface area (TPSA) is 219 Å². The number of carbonyl (C=O) groups excluding carboxylic acids is 4. The van der Waals surface area contributed by atoms with Gasteiger partial charge in [-0.2, -0.15) is 0 Å². The number of nitrogens with zero attached hydrogens (tertiary/aromatic N) is 7. The van der Waals surface area contributed by atoms with E-state index in [-0.39, 0.29) is 55.7 Å². The number of hydrogen-bond acceptors (Lipinski definition) is 14. The SMILES string of the molecule is C[C@@H](O)[C@H]1C(=O)N2C(C(=O)OCc3ccc([N+](=O)[O-])cc3)=C(S[C@H]3C[C@@H](C(=O)N4CCN=C(N(C)C)C4)N(C(=O)OCc4ccc([N+](=O)[O-])cc4)C3)[C@H](C)[C@H]12. The number of aliphatic imine (C=N–C) groups is 1. The van der Waals surface area contributed by atoms with Crippen molar-refractivity contribution in [2.45, 2.75) is 56.9 Å². The summed E-state index contributed by atoms with van der Waals surface area (Å²) in [5, 5.41) is 32.2. The molecule has 3 amide bonds. The quantitative estimate of drug-likeness (QED) is 0.150. The highest BCUT2D eigenvalue weighted by Gasteiger charge is 2.60. The van der Waals surface area contributed by atoms with Gasteiger partial charge in [-0.25, -0.2) is 9.59 Å². The van der Waals surface area contributed by atoms with Crippen molar-refractivity contribution in [3.8, 4) is 0 Å². The van der Waals surface area contributed by atoms with Crippen LogP contribution in [0.25, 0.3) is 0 Å². The second-order valence-corrected chi connectivity index (χ2v) is 15.4. The minimum absolute atomic E-state index is 0.0243. The molecule has 0 bridgehead atoms. The number of benzene rings is 2. The van der Waals surface area contributed by atoms with Crippen molar-refractivity contribution in [1.29, 1.82) is 0 Å². The molecule has 0 spiro atoms. The lowest BCUT2D eigenvalue weighted by Gasteiger charge is -2.46. The summed E-state index contributed by atoms with van der Waals surface area (Å²) in [5.41, 5.74) is 0.796. The number of amides is 3. The predicted molar refractivity (Wildman–Crippen MR) is 197 cm³/mol. The molecule has 0 saturated carbocycles.